The summed E-state index contributed by atoms with van der Waals surface area (Å²) in [5.41, 5.74) is 1.72. The number of carbonyl (C=O) groups is 4. The predicted molar refractivity (Wildman–Crippen MR) is 202 cm³/mol. The molecule has 16 nitrogen and oxygen atoms in total. The number of rotatable bonds is 15. The number of hydrogen-bond donors (Lipinski definition) is 4. The SMILES string of the molecule is COCC[C@H](NC(=O)OC)C(=O)N1CCC[C@H]1c1ncc(-c2ccc(-c3ccc(-c4cnc([C@@H]5CCCN5C(=O)[C@H](CCOC)NC(=O)OC)[nH]4)s3)s2)[nH]1. The molecule has 2 saturated heterocycles. The molecule has 290 valence electrons. The lowest BCUT2D eigenvalue weighted by Crippen LogP contribution is -2.49. The van der Waals surface area contributed by atoms with Crippen LogP contribution in [0.3, 0.4) is 0 Å². The molecule has 2 fully saturated rings. The maximum atomic E-state index is 13.6. The fourth-order valence-electron chi connectivity index (χ4n) is 6.91. The highest BCUT2D eigenvalue weighted by Gasteiger charge is 2.38. The first kappa shape index (κ1) is 38.9. The standard InChI is InChI=1S/C36H46N8O8S2/c1-49-17-13-21(41-35(47)51-3)33(45)43-15-5-7-25(43)31-37-19-23(39-31)27-9-11-29(53-27)30-12-10-28(54-30)24-20-38-32(40-24)26-8-6-16-44(26)34(46)22(14-18-50-2)42-36(48)52-4/h9-12,19-22,25-26H,5-8,13-18H2,1-4H3,(H,37,39)(H,38,40)(H,41,47)(H,42,48)/t21-,22-,25-,26-/m0/s1. The molecule has 0 aliphatic carbocycles. The smallest absolute Gasteiger partial charge is 0.407 e. The molecule has 2 aliphatic rings. The number of nitrogens with zero attached hydrogens (tertiary/aromatic N) is 4. The molecule has 0 saturated carbocycles. The van der Waals surface area contributed by atoms with Crippen molar-refractivity contribution in [3.63, 3.8) is 0 Å². The van der Waals surface area contributed by atoms with Crippen molar-refractivity contribution in [1.82, 2.24) is 40.4 Å². The molecule has 0 bridgehead atoms. The third-order valence-corrected chi connectivity index (χ3v) is 12.1. The number of aromatic nitrogens is 4. The number of hydrogen-bond acceptors (Lipinski definition) is 12. The number of methoxy groups -OCH3 is 4. The fourth-order valence-corrected chi connectivity index (χ4v) is 8.94. The summed E-state index contributed by atoms with van der Waals surface area (Å²) in [4.78, 5) is 75.1. The zero-order chi connectivity index (χ0) is 38.2. The van der Waals surface area contributed by atoms with Gasteiger partial charge < -0.3 is 49.3 Å². The monoisotopic (exact) mass is 782 g/mol. The van der Waals surface area contributed by atoms with Gasteiger partial charge in [-0.1, -0.05) is 0 Å². The summed E-state index contributed by atoms with van der Waals surface area (Å²) >= 11 is 3.28. The van der Waals surface area contributed by atoms with Gasteiger partial charge in [-0.3, -0.25) is 9.59 Å². The lowest BCUT2D eigenvalue weighted by molar-refractivity contribution is -0.135. The van der Waals surface area contributed by atoms with Crippen LogP contribution in [0, 0.1) is 0 Å². The van der Waals surface area contributed by atoms with E-state index in [-0.39, 0.29) is 23.9 Å². The molecule has 4 atom stereocenters. The van der Waals surface area contributed by atoms with Crippen molar-refractivity contribution in [3.05, 3.63) is 48.3 Å². The molecule has 4 aromatic heterocycles. The van der Waals surface area contributed by atoms with Crippen LogP contribution < -0.4 is 10.6 Å². The molecular formula is C36H46N8O8S2. The minimum Gasteiger partial charge on any atom is -0.453 e. The Morgan fingerprint density at radius 2 is 1.11 bits per heavy atom. The first-order valence-electron chi connectivity index (χ1n) is 17.8. The van der Waals surface area contributed by atoms with Gasteiger partial charge in [0.2, 0.25) is 11.8 Å². The molecule has 4 amide bonds. The highest BCUT2D eigenvalue weighted by Crippen LogP contribution is 2.41. The summed E-state index contributed by atoms with van der Waals surface area (Å²) in [6, 6.07) is 6.29. The number of ether oxygens (including phenoxy) is 4. The molecule has 2 aliphatic heterocycles. The second kappa shape index (κ2) is 18.0. The topological polar surface area (TPSA) is 193 Å². The van der Waals surface area contributed by atoms with Crippen molar-refractivity contribution < 1.29 is 38.1 Å². The van der Waals surface area contributed by atoms with E-state index in [9.17, 15) is 19.2 Å². The van der Waals surface area contributed by atoms with Crippen molar-refractivity contribution >= 4 is 46.7 Å². The van der Waals surface area contributed by atoms with Gasteiger partial charge in [0, 0.05) is 63.1 Å². The molecule has 0 radical (unpaired) electrons. The van der Waals surface area contributed by atoms with E-state index >= 15 is 0 Å². The van der Waals surface area contributed by atoms with Crippen LogP contribution in [-0.2, 0) is 28.5 Å². The summed E-state index contributed by atoms with van der Waals surface area (Å²) in [6.07, 6.45) is 6.10. The molecule has 4 aromatic rings. The van der Waals surface area contributed by atoms with E-state index in [1.165, 1.54) is 14.2 Å². The summed E-state index contributed by atoms with van der Waals surface area (Å²) < 4.78 is 19.8. The van der Waals surface area contributed by atoms with Crippen LogP contribution in [0.2, 0.25) is 0 Å². The van der Waals surface area contributed by atoms with E-state index in [1.807, 2.05) is 0 Å². The van der Waals surface area contributed by atoms with Gasteiger partial charge >= 0.3 is 12.2 Å². The van der Waals surface area contributed by atoms with Gasteiger partial charge in [0.1, 0.15) is 23.7 Å². The maximum absolute atomic E-state index is 13.6. The minimum absolute atomic E-state index is 0.192. The van der Waals surface area contributed by atoms with Gasteiger partial charge in [-0.15, -0.1) is 22.7 Å². The zero-order valence-electron chi connectivity index (χ0n) is 30.7. The second-order valence-corrected chi connectivity index (χ2v) is 15.2. The van der Waals surface area contributed by atoms with E-state index in [0.717, 1.165) is 56.6 Å². The lowest BCUT2D eigenvalue weighted by Gasteiger charge is -2.28. The Morgan fingerprint density at radius 3 is 1.50 bits per heavy atom. The maximum Gasteiger partial charge on any atom is 0.407 e. The molecule has 0 aromatic carbocycles. The van der Waals surface area contributed by atoms with E-state index in [0.29, 0.717) is 50.8 Å². The van der Waals surface area contributed by atoms with E-state index in [1.54, 1.807) is 59.1 Å². The van der Waals surface area contributed by atoms with Gasteiger partial charge in [-0.05, 0) is 49.9 Å². The van der Waals surface area contributed by atoms with Crippen molar-refractivity contribution in [2.75, 3.05) is 54.7 Å². The number of likely N-dealkylation sites (tertiary alicyclic amines) is 2. The quantitative estimate of drug-likeness (QED) is 0.126. The number of alkyl carbamates (subject to hydrolysis) is 2. The Morgan fingerprint density at radius 1 is 0.704 bits per heavy atom. The van der Waals surface area contributed by atoms with Gasteiger partial charge in [0.05, 0.1) is 59.8 Å². The number of thiophene rings is 2. The Bertz CT molecular complexity index is 1770. The normalized spacial score (nSPS) is 18.1. The van der Waals surface area contributed by atoms with Crippen LogP contribution in [0.15, 0.2) is 36.7 Å². The van der Waals surface area contributed by atoms with E-state index < -0.39 is 24.3 Å². The largest absolute Gasteiger partial charge is 0.453 e. The molecule has 0 unspecified atom stereocenters. The predicted octanol–water partition coefficient (Wildman–Crippen LogP) is 5.11. The van der Waals surface area contributed by atoms with Crippen molar-refractivity contribution in [2.24, 2.45) is 0 Å². The first-order chi connectivity index (χ1) is 26.2. The van der Waals surface area contributed by atoms with Crippen LogP contribution in [0.4, 0.5) is 9.59 Å². The highest BCUT2D eigenvalue weighted by molar-refractivity contribution is 7.25. The summed E-state index contributed by atoms with van der Waals surface area (Å²) in [7, 11) is 5.65. The number of carbonyl (C=O) groups excluding carboxylic acids is 4. The molecule has 6 heterocycles. The third-order valence-electron chi connectivity index (χ3n) is 9.65. The Hall–Kier alpha value is -4.78. The van der Waals surface area contributed by atoms with Crippen LogP contribution in [0.25, 0.3) is 30.9 Å². The summed E-state index contributed by atoms with van der Waals surface area (Å²) in [5.74, 6) is 1.02. The first-order valence-corrected chi connectivity index (χ1v) is 19.5. The van der Waals surface area contributed by atoms with Crippen LogP contribution in [-0.4, -0.2) is 121 Å². The van der Waals surface area contributed by atoms with Crippen molar-refractivity contribution in [3.8, 4) is 30.9 Å². The number of imidazole rings is 2. The minimum atomic E-state index is -0.765. The third kappa shape index (κ3) is 8.77. The number of amides is 4. The fraction of sp³-hybridized carbons (Fsp3) is 0.500. The lowest BCUT2D eigenvalue weighted by atomic mass is 10.1. The van der Waals surface area contributed by atoms with Crippen molar-refractivity contribution in [1.29, 1.82) is 0 Å². The van der Waals surface area contributed by atoms with E-state index in [4.69, 9.17) is 18.9 Å². The van der Waals surface area contributed by atoms with Gasteiger partial charge in [0.25, 0.3) is 0 Å². The zero-order valence-corrected chi connectivity index (χ0v) is 32.3. The average molecular weight is 783 g/mol. The Balaban J connectivity index is 1.12. The number of nitrogens with one attached hydrogen (secondary N) is 4. The molecule has 4 N–H and O–H groups in total. The number of H-pyrrole nitrogens is 2. The molecule has 54 heavy (non-hydrogen) atoms. The summed E-state index contributed by atoms with van der Waals surface area (Å²) in [5, 5.41) is 5.30. The second-order valence-electron chi connectivity index (χ2n) is 13.0. The van der Waals surface area contributed by atoms with Gasteiger partial charge in [-0.2, -0.15) is 0 Å². The van der Waals surface area contributed by atoms with E-state index in [2.05, 4.69) is 54.8 Å². The van der Waals surface area contributed by atoms with Gasteiger partial charge in [0.15, 0.2) is 0 Å². The number of aromatic amines is 2. The van der Waals surface area contributed by atoms with Crippen LogP contribution >= 0.6 is 22.7 Å². The summed E-state index contributed by atoms with van der Waals surface area (Å²) in [6.45, 7) is 1.76. The Kier molecular flexibility index (Phi) is 13.0. The highest BCUT2D eigenvalue weighted by atomic mass is 32.1. The molecule has 0 spiro atoms. The van der Waals surface area contributed by atoms with Gasteiger partial charge in [-0.25, -0.2) is 19.6 Å². The van der Waals surface area contributed by atoms with Crippen LogP contribution in [0.1, 0.15) is 62.3 Å². The van der Waals surface area contributed by atoms with Crippen LogP contribution in [0.5, 0.6) is 0 Å². The molecular weight excluding hydrogens is 737 g/mol. The molecule has 6 rings (SSSR count). The average Bonchev–Trinajstić information content (AvgIpc) is 4.03. The Labute approximate surface area is 320 Å². The molecule has 18 heteroatoms. The van der Waals surface area contributed by atoms with Crippen molar-refractivity contribution in [2.45, 2.75) is 62.7 Å².